The van der Waals surface area contributed by atoms with Crippen LogP contribution in [0.15, 0.2) is 36.5 Å². The SMILES string of the molecule is C=C(/C=C\C(=C)C(C)CCCC)C(C)CCCC. The second-order valence-corrected chi connectivity index (χ2v) is 5.57. The first-order valence-electron chi connectivity index (χ1n) is 7.58. The van der Waals surface area contributed by atoms with Crippen LogP contribution in [0.25, 0.3) is 0 Å². The first-order valence-corrected chi connectivity index (χ1v) is 7.58. The average Bonchev–Trinajstić information content (AvgIpc) is 2.38. The highest BCUT2D eigenvalue weighted by Gasteiger charge is 2.05. The summed E-state index contributed by atoms with van der Waals surface area (Å²) in [5.74, 6) is 1.19. The molecule has 0 aromatic rings. The number of hydrogen-bond acceptors (Lipinski definition) is 0. The van der Waals surface area contributed by atoms with E-state index in [1.54, 1.807) is 0 Å². The van der Waals surface area contributed by atoms with Gasteiger partial charge in [-0.25, -0.2) is 0 Å². The van der Waals surface area contributed by atoms with Crippen molar-refractivity contribution in [1.82, 2.24) is 0 Å². The molecule has 2 unspecified atom stereocenters. The van der Waals surface area contributed by atoms with Crippen LogP contribution in [0, 0.1) is 11.8 Å². The third kappa shape index (κ3) is 7.53. The van der Waals surface area contributed by atoms with Gasteiger partial charge in [0.2, 0.25) is 0 Å². The van der Waals surface area contributed by atoms with E-state index in [2.05, 4.69) is 53.0 Å². The summed E-state index contributed by atoms with van der Waals surface area (Å²) in [6.07, 6.45) is 12.0. The molecular formula is C18H32. The lowest BCUT2D eigenvalue weighted by Gasteiger charge is -2.13. The van der Waals surface area contributed by atoms with Crippen LogP contribution < -0.4 is 0 Å². The summed E-state index contributed by atoms with van der Waals surface area (Å²) < 4.78 is 0. The van der Waals surface area contributed by atoms with Crippen LogP contribution >= 0.6 is 0 Å². The minimum atomic E-state index is 0.597. The molecule has 104 valence electrons. The molecule has 0 bridgehead atoms. The lowest BCUT2D eigenvalue weighted by atomic mass is 9.93. The number of hydrogen-bond donors (Lipinski definition) is 0. The van der Waals surface area contributed by atoms with Crippen LogP contribution in [-0.2, 0) is 0 Å². The van der Waals surface area contributed by atoms with Crippen molar-refractivity contribution in [2.75, 3.05) is 0 Å². The normalized spacial score (nSPS) is 14.7. The Bertz CT molecular complexity index is 242. The molecule has 0 fully saturated rings. The molecule has 0 saturated heterocycles. The molecule has 18 heavy (non-hydrogen) atoms. The summed E-state index contributed by atoms with van der Waals surface area (Å²) in [4.78, 5) is 0. The fourth-order valence-electron chi connectivity index (χ4n) is 1.93. The minimum Gasteiger partial charge on any atom is -0.0956 e. The van der Waals surface area contributed by atoms with Gasteiger partial charge in [-0.15, -0.1) is 0 Å². The molecule has 0 rings (SSSR count). The lowest BCUT2D eigenvalue weighted by molar-refractivity contribution is 0.578. The van der Waals surface area contributed by atoms with E-state index >= 15 is 0 Å². The standard InChI is InChI=1S/C18H32/c1-7-9-11-15(3)17(5)13-14-18(6)16(4)12-10-8-2/h13-16H,5-12H2,1-4H3/b14-13-. The molecule has 2 atom stereocenters. The van der Waals surface area contributed by atoms with Crippen LogP contribution in [0.5, 0.6) is 0 Å². The van der Waals surface area contributed by atoms with Crippen molar-refractivity contribution in [2.45, 2.75) is 66.2 Å². The van der Waals surface area contributed by atoms with Crippen LogP contribution in [0.2, 0.25) is 0 Å². The van der Waals surface area contributed by atoms with E-state index in [0.29, 0.717) is 11.8 Å². The predicted molar refractivity (Wildman–Crippen MR) is 84.8 cm³/mol. The molecule has 0 amide bonds. The summed E-state index contributed by atoms with van der Waals surface area (Å²) in [7, 11) is 0. The largest absolute Gasteiger partial charge is 0.0956 e. The van der Waals surface area contributed by atoms with Gasteiger partial charge in [0.05, 0.1) is 0 Å². The molecule has 0 N–H and O–H groups in total. The molecule has 0 nitrogen and oxygen atoms in total. The van der Waals surface area contributed by atoms with Crippen LogP contribution in [0.4, 0.5) is 0 Å². The van der Waals surface area contributed by atoms with Gasteiger partial charge in [0.1, 0.15) is 0 Å². The number of allylic oxidation sites excluding steroid dienone is 4. The second-order valence-electron chi connectivity index (χ2n) is 5.57. The van der Waals surface area contributed by atoms with Gasteiger partial charge in [-0.05, 0) is 24.7 Å². The van der Waals surface area contributed by atoms with E-state index < -0.39 is 0 Å². The van der Waals surface area contributed by atoms with Crippen molar-refractivity contribution in [3.63, 3.8) is 0 Å². The summed E-state index contributed by atoms with van der Waals surface area (Å²) in [5, 5.41) is 0. The zero-order valence-electron chi connectivity index (χ0n) is 13.0. The predicted octanol–water partition coefficient (Wildman–Crippen LogP) is 6.31. The van der Waals surface area contributed by atoms with Crippen LogP contribution in [-0.4, -0.2) is 0 Å². The Hall–Kier alpha value is -0.780. The van der Waals surface area contributed by atoms with E-state index in [1.807, 2.05) is 0 Å². The molecule has 0 saturated carbocycles. The first kappa shape index (κ1) is 17.2. The maximum atomic E-state index is 4.17. The van der Waals surface area contributed by atoms with Gasteiger partial charge in [0, 0.05) is 0 Å². The van der Waals surface area contributed by atoms with Gasteiger partial charge in [0.15, 0.2) is 0 Å². The zero-order chi connectivity index (χ0) is 14.0. The minimum absolute atomic E-state index is 0.597. The molecule has 0 heteroatoms. The van der Waals surface area contributed by atoms with E-state index in [0.717, 1.165) is 0 Å². The maximum Gasteiger partial charge on any atom is -0.0196 e. The molecule has 0 aliphatic carbocycles. The molecular weight excluding hydrogens is 216 g/mol. The fourth-order valence-corrected chi connectivity index (χ4v) is 1.93. The Morgan fingerprint density at radius 3 is 1.44 bits per heavy atom. The zero-order valence-corrected chi connectivity index (χ0v) is 13.0. The quantitative estimate of drug-likeness (QED) is 0.397. The average molecular weight is 248 g/mol. The molecule has 0 radical (unpaired) electrons. The van der Waals surface area contributed by atoms with Crippen molar-refractivity contribution in [3.8, 4) is 0 Å². The smallest absolute Gasteiger partial charge is 0.0196 e. The summed E-state index contributed by atoms with van der Waals surface area (Å²) in [6.45, 7) is 17.4. The van der Waals surface area contributed by atoms with Gasteiger partial charge in [-0.1, -0.05) is 89.8 Å². The van der Waals surface area contributed by atoms with Gasteiger partial charge in [-0.2, -0.15) is 0 Å². The number of unbranched alkanes of at least 4 members (excludes halogenated alkanes) is 2. The second kappa shape index (κ2) is 10.2. The molecule has 0 aromatic carbocycles. The van der Waals surface area contributed by atoms with Crippen molar-refractivity contribution in [1.29, 1.82) is 0 Å². The van der Waals surface area contributed by atoms with Gasteiger partial charge in [-0.3, -0.25) is 0 Å². The number of rotatable bonds is 10. The third-order valence-electron chi connectivity index (χ3n) is 3.76. The summed E-state index contributed by atoms with van der Waals surface area (Å²) in [5.41, 5.74) is 2.49. The van der Waals surface area contributed by atoms with Crippen molar-refractivity contribution >= 4 is 0 Å². The Morgan fingerprint density at radius 2 is 1.17 bits per heavy atom. The third-order valence-corrected chi connectivity index (χ3v) is 3.76. The van der Waals surface area contributed by atoms with E-state index in [-0.39, 0.29) is 0 Å². The Balaban J connectivity index is 4.12. The van der Waals surface area contributed by atoms with Crippen LogP contribution in [0.1, 0.15) is 66.2 Å². The Kier molecular flexibility index (Phi) is 9.73. The van der Waals surface area contributed by atoms with Crippen molar-refractivity contribution < 1.29 is 0 Å². The van der Waals surface area contributed by atoms with Gasteiger partial charge < -0.3 is 0 Å². The van der Waals surface area contributed by atoms with Crippen LogP contribution in [0.3, 0.4) is 0 Å². The Labute approximate surface area is 115 Å². The monoisotopic (exact) mass is 248 g/mol. The highest BCUT2D eigenvalue weighted by atomic mass is 14.1. The maximum absolute atomic E-state index is 4.17. The van der Waals surface area contributed by atoms with E-state index in [4.69, 9.17) is 0 Å². The molecule has 0 aliphatic heterocycles. The van der Waals surface area contributed by atoms with Crippen molar-refractivity contribution in [3.05, 3.63) is 36.5 Å². The molecule has 0 aliphatic rings. The highest BCUT2D eigenvalue weighted by Crippen LogP contribution is 2.21. The highest BCUT2D eigenvalue weighted by molar-refractivity contribution is 5.26. The molecule has 0 heterocycles. The summed E-state index contributed by atoms with van der Waals surface area (Å²) in [6, 6.07) is 0. The fraction of sp³-hybridized carbons (Fsp3) is 0.667. The van der Waals surface area contributed by atoms with Crippen molar-refractivity contribution in [2.24, 2.45) is 11.8 Å². The van der Waals surface area contributed by atoms with E-state index in [9.17, 15) is 0 Å². The lowest BCUT2D eigenvalue weighted by Crippen LogP contribution is -1.98. The van der Waals surface area contributed by atoms with Gasteiger partial charge in [0.25, 0.3) is 0 Å². The Morgan fingerprint density at radius 1 is 0.833 bits per heavy atom. The molecule has 0 aromatic heterocycles. The topological polar surface area (TPSA) is 0 Å². The van der Waals surface area contributed by atoms with Gasteiger partial charge >= 0.3 is 0 Å². The first-order chi connectivity index (χ1) is 8.52. The van der Waals surface area contributed by atoms with E-state index in [1.165, 1.54) is 49.7 Å². The summed E-state index contributed by atoms with van der Waals surface area (Å²) >= 11 is 0. The molecule has 0 spiro atoms.